The number of aliphatic hydroxyl groups excluding tert-OH is 9. The van der Waals surface area contributed by atoms with Crippen LogP contribution in [-0.4, -0.2) is 169 Å². The van der Waals surface area contributed by atoms with Crippen LogP contribution in [0, 0.1) is 56.7 Å². The molecule has 17 heteroatoms. The maximum atomic E-state index is 13.1. The summed E-state index contributed by atoms with van der Waals surface area (Å²) in [5.74, 6) is 0.213. The van der Waals surface area contributed by atoms with Gasteiger partial charge in [0.2, 0.25) is 0 Å². The van der Waals surface area contributed by atoms with E-state index in [1.54, 1.807) is 0 Å². The van der Waals surface area contributed by atoms with Crippen LogP contribution in [0.25, 0.3) is 0 Å². The molecule has 0 radical (unpaired) electrons. The number of aliphatic hydroxyl groups is 9. The monoisotopic (exact) mass is 913 g/mol. The minimum Gasteiger partial charge on any atom is -0.481 e. The second-order valence-electron chi connectivity index (χ2n) is 22.3. The molecule has 5 saturated carbocycles. The number of fused-ring (bicyclic) bond motifs is 7. The van der Waals surface area contributed by atoms with E-state index in [0.717, 1.165) is 50.5 Å². The molecular weight excluding hydrogens is 836 g/mol. The zero-order chi connectivity index (χ0) is 46.6. The normalized spacial score (nSPS) is 56.3. The summed E-state index contributed by atoms with van der Waals surface area (Å²) in [7, 11) is 0. The van der Waals surface area contributed by atoms with Crippen LogP contribution in [0.2, 0.25) is 0 Å². The van der Waals surface area contributed by atoms with Crippen LogP contribution in [0.4, 0.5) is 0 Å². The Hall–Kier alpha value is -1.39. The predicted octanol–water partition coefficient (Wildman–Crippen LogP) is 1.20. The van der Waals surface area contributed by atoms with E-state index in [0.29, 0.717) is 25.2 Å². The number of hydrogen-bond donors (Lipinski definition) is 10. The molecule has 0 bridgehead atoms. The highest BCUT2D eigenvalue weighted by molar-refractivity contribution is 5.76. The molecule has 8 aliphatic rings. The van der Waals surface area contributed by atoms with Crippen molar-refractivity contribution < 1.29 is 84.3 Å². The van der Waals surface area contributed by atoms with Crippen molar-refractivity contribution in [2.45, 2.75) is 198 Å². The molecule has 0 spiro atoms. The second-order valence-corrected chi connectivity index (χ2v) is 22.3. The van der Waals surface area contributed by atoms with Gasteiger partial charge in [0.1, 0.15) is 61.0 Å². The fraction of sp³-hybridized carbons (Fsp3) is 0.936. The summed E-state index contributed by atoms with van der Waals surface area (Å²) >= 11 is 0. The van der Waals surface area contributed by atoms with Gasteiger partial charge < -0.3 is 79.5 Å². The Morgan fingerprint density at radius 2 is 1.38 bits per heavy atom. The summed E-state index contributed by atoms with van der Waals surface area (Å²) in [5, 5.41) is 108. The highest BCUT2D eigenvalue weighted by Gasteiger charge is 2.72. The predicted molar refractivity (Wildman–Crippen MR) is 225 cm³/mol. The first-order valence-corrected chi connectivity index (χ1v) is 23.8. The van der Waals surface area contributed by atoms with Crippen LogP contribution >= 0.6 is 0 Å². The zero-order valence-electron chi connectivity index (χ0n) is 38.3. The molecule has 0 unspecified atom stereocenters. The van der Waals surface area contributed by atoms with Crippen LogP contribution < -0.4 is 0 Å². The van der Waals surface area contributed by atoms with E-state index < -0.39 is 116 Å². The number of carboxylic acid groups (broad SMARTS) is 1. The summed E-state index contributed by atoms with van der Waals surface area (Å²) in [6.45, 7) is 16.1. The van der Waals surface area contributed by atoms with Gasteiger partial charge in [-0.1, -0.05) is 39.8 Å². The third-order valence-electron chi connectivity index (χ3n) is 19.5. The first-order valence-electron chi connectivity index (χ1n) is 23.8. The van der Waals surface area contributed by atoms with Crippen molar-refractivity contribution in [3.63, 3.8) is 0 Å². The van der Waals surface area contributed by atoms with Gasteiger partial charge in [-0.2, -0.15) is 0 Å². The molecule has 366 valence electrons. The average Bonchev–Trinajstić information content (AvgIpc) is 3.67. The van der Waals surface area contributed by atoms with E-state index in [-0.39, 0.29) is 53.1 Å². The van der Waals surface area contributed by atoms with Crippen molar-refractivity contribution in [1.29, 1.82) is 0 Å². The fourth-order valence-electron chi connectivity index (χ4n) is 15.7. The van der Waals surface area contributed by atoms with Gasteiger partial charge in [-0.15, -0.1) is 0 Å². The number of rotatable bonds is 10. The Balaban J connectivity index is 1.00. The molecule has 17 nitrogen and oxygen atoms in total. The van der Waals surface area contributed by atoms with E-state index >= 15 is 0 Å². The highest BCUT2D eigenvalue weighted by Crippen LogP contribution is 2.77. The van der Waals surface area contributed by atoms with Crippen molar-refractivity contribution >= 4 is 5.97 Å². The van der Waals surface area contributed by atoms with Gasteiger partial charge in [0.15, 0.2) is 18.9 Å². The maximum Gasteiger partial charge on any atom is 0.309 e. The van der Waals surface area contributed by atoms with Crippen LogP contribution in [-0.2, 0) is 33.2 Å². The summed E-state index contributed by atoms with van der Waals surface area (Å²) < 4.78 is 36.2. The molecule has 25 atom stereocenters. The van der Waals surface area contributed by atoms with Crippen molar-refractivity contribution in [3.05, 3.63) is 12.2 Å². The average molecular weight is 913 g/mol. The van der Waals surface area contributed by atoms with Gasteiger partial charge in [-0.3, -0.25) is 4.79 Å². The molecule has 8 rings (SSSR count). The van der Waals surface area contributed by atoms with Crippen molar-refractivity contribution in [2.75, 3.05) is 19.8 Å². The lowest BCUT2D eigenvalue weighted by molar-refractivity contribution is -0.383. The van der Waals surface area contributed by atoms with Crippen LogP contribution in [0.5, 0.6) is 0 Å². The largest absolute Gasteiger partial charge is 0.481 e. The number of carbonyl (C=O) groups is 1. The van der Waals surface area contributed by atoms with Gasteiger partial charge in [0, 0.05) is 5.41 Å². The van der Waals surface area contributed by atoms with Crippen molar-refractivity contribution in [1.82, 2.24) is 0 Å². The number of carboxylic acids is 1. The lowest BCUT2D eigenvalue weighted by Gasteiger charge is -2.73. The first-order chi connectivity index (χ1) is 30.0. The quantitative estimate of drug-likeness (QED) is 0.109. The van der Waals surface area contributed by atoms with Crippen LogP contribution in [0.15, 0.2) is 12.2 Å². The SMILES string of the molecule is C=C(C)[C@@H]1CC[C@]2(C(=O)O)CC[C@]3(C)[C@H](CC[C@@H]4[C@@]5(C)CC[C@H](O[C@@H]6OC[C@H](O)[C@H](O)[C@H]6O[C@@H]6O[C@@H](C)[C@H](O)[C@@H](O[C@@H]7O[C@H](CO)[C@@H](O)[C@H](O)[C@H]7O)[C@H]6O)[C@@](C)(CO)[C@@H]5CC[C@]43C)[C@@H]12. The van der Waals surface area contributed by atoms with Crippen LogP contribution in [0.3, 0.4) is 0 Å². The number of hydrogen-bond acceptors (Lipinski definition) is 16. The molecular formula is C47H76O17. The molecule has 0 aromatic heterocycles. The minimum atomic E-state index is -1.82. The maximum absolute atomic E-state index is 13.1. The highest BCUT2D eigenvalue weighted by atomic mass is 16.8. The summed E-state index contributed by atoms with van der Waals surface area (Å²) in [5.41, 5.74) is -0.722. The standard InChI is InChI=1S/C47H76O17/c1-21(2)23-10-15-47(42(57)58)17-16-45(6)24(30(23)47)8-9-28-43(4)13-12-29(44(5,20-49)27(43)11-14-46(28,45)7)62-41-38(32(52)25(50)19-59-41)64-40-36(56)37(31(51)22(3)60-40)63-39-35(55)34(54)33(53)26(18-48)61-39/h22-41,48-56H,1,8-20H2,2-7H3,(H,57,58)/t22-,23-,24+,25-,26+,27+,28+,29-,30+,31-,32-,33+,34-,35+,36+,37+,38+,39-,40-,41-,43-,44-,45+,46+,47-/m0/s1. The lowest BCUT2D eigenvalue weighted by atomic mass is 9.32. The van der Waals surface area contributed by atoms with Crippen molar-refractivity contribution in [2.24, 2.45) is 56.7 Å². The van der Waals surface area contributed by atoms with E-state index in [1.807, 2.05) is 0 Å². The number of aliphatic carboxylic acids is 1. The minimum absolute atomic E-state index is 0.0305. The van der Waals surface area contributed by atoms with Gasteiger partial charge >= 0.3 is 5.97 Å². The van der Waals surface area contributed by atoms with Gasteiger partial charge in [-0.25, -0.2) is 0 Å². The molecule has 5 aliphatic carbocycles. The van der Waals surface area contributed by atoms with E-state index in [4.69, 9.17) is 28.4 Å². The number of allylic oxidation sites excluding steroid dienone is 1. The molecule has 3 saturated heterocycles. The number of ether oxygens (including phenoxy) is 6. The summed E-state index contributed by atoms with van der Waals surface area (Å²) in [6.07, 6.45) is -14.0. The molecule has 8 fully saturated rings. The van der Waals surface area contributed by atoms with Gasteiger partial charge in [0.05, 0.1) is 37.4 Å². The summed E-state index contributed by atoms with van der Waals surface area (Å²) in [6, 6.07) is 0. The Morgan fingerprint density at radius 1 is 0.688 bits per heavy atom. The Kier molecular flexibility index (Phi) is 13.4. The van der Waals surface area contributed by atoms with Crippen molar-refractivity contribution in [3.8, 4) is 0 Å². The Labute approximate surface area is 376 Å². The first kappa shape index (κ1) is 49.0. The molecule has 64 heavy (non-hydrogen) atoms. The zero-order valence-corrected chi connectivity index (χ0v) is 38.3. The molecule has 0 amide bonds. The third-order valence-corrected chi connectivity index (χ3v) is 19.5. The van der Waals surface area contributed by atoms with E-state index in [2.05, 4.69) is 41.2 Å². The third kappa shape index (κ3) is 7.31. The smallest absolute Gasteiger partial charge is 0.309 e. The fourth-order valence-corrected chi connectivity index (χ4v) is 15.7. The molecule has 0 aromatic rings. The lowest BCUT2D eigenvalue weighted by Crippen LogP contribution is -2.68. The molecule has 3 aliphatic heterocycles. The topological polar surface area (TPSA) is 275 Å². The Bertz CT molecular complexity index is 1720. The van der Waals surface area contributed by atoms with Gasteiger partial charge in [-0.05, 0) is 124 Å². The van der Waals surface area contributed by atoms with Crippen LogP contribution in [0.1, 0.15) is 106 Å². The Morgan fingerprint density at radius 3 is 2.03 bits per heavy atom. The van der Waals surface area contributed by atoms with Gasteiger partial charge in [0.25, 0.3) is 0 Å². The van der Waals surface area contributed by atoms with E-state index in [9.17, 15) is 55.9 Å². The molecule has 0 aromatic carbocycles. The second kappa shape index (κ2) is 17.5. The summed E-state index contributed by atoms with van der Waals surface area (Å²) in [4.78, 5) is 13.1. The molecule has 10 N–H and O–H groups in total. The molecule has 3 heterocycles. The van der Waals surface area contributed by atoms with E-state index in [1.165, 1.54) is 6.92 Å².